The zero-order valence-electron chi connectivity index (χ0n) is 20.9. The quantitative estimate of drug-likeness (QED) is 0.298. The minimum absolute atomic E-state index is 0.0112. The number of hydrogen-bond donors (Lipinski definition) is 2. The molecule has 4 aromatic rings. The first-order valence-electron chi connectivity index (χ1n) is 11.7. The summed E-state index contributed by atoms with van der Waals surface area (Å²) in [5.41, 5.74) is 2.41. The van der Waals surface area contributed by atoms with Crippen molar-refractivity contribution in [1.29, 1.82) is 0 Å². The SMILES string of the molecule is CCOC(=O)c1ccc2ncc(C(=O)OCC)c(Nc3ccc(S(=O)(=O)Nc4nccc(C)n4)cc3)c2c1. The predicted octanol–water partition coefficient (Wildman–Crippen LogP) is 4.23. The molecule has 2 aromatic heterocycles. The number of aromatic nitrogens is 3. The Morgan fingerprint density at radius 2 is 1.63 bits per heavy atom. The van der Waals surface area contributed by atoms with E-state index in [0.29, 0.717) is 28.0 Å². The number of sulfonamides is 1. The summed E-state index contributed by atoms with van der Waals surface area (Å²) in [6.45, 7) is 5.49. The number of fused-ring (bicyclic) bond motifs is 1. The van der Waals surface area contributed by atoms with E-state index in [9.17, 15) is 18.0 Å². The normalized spacial score (nSPS) is 11.1. The van der Waals surface area contributed by atoms with Crippen LogP contribution in [0.15, 0.2) is 65.8 Å². The maximum absolute atomic E-state index is 12.8. The van der Waals surface area contributed by atoms with E-state index < -0.39 is 22.0 Å². The van der Waals surface area contributed by atoms with Crippen molar-refractivity contribution in [2.24, 2.45) is 0 Å². The molecule has 0 atom stereocenters. The molecule has 0 saturated heterocycles. The van der Waals surface area contributed by atoms with E-state index in [-0.39, 0.29) is 35.2 Å². The van der Waals surface area contributed by atoms with E-state index in [1.807, 2.05) is 0 Å². The Balaban J connectivity index is 1.70. The number of rotatable bonds is 9. The number of hydrogen-bond acceptors (Lipinski definition) is 10. The Morgan fingerprint density at radius 3 is 2.32 bits per heavy atom. The van der Waals surface area contributed by atoms with Gasteiger partial charge >= 0.3 is 11.9 Å². The number of carbonyl (C=O) groups excluding carboxylic acids is 2. The van der Waals surface area contributed by atoms with Crippen molar-refractivity contribution in [3.63, 3.8) is 0 Å². The largest absolute Gasteiger partial charge is 0.462 e. The fraction of sp³-hybridized carbons (Fsp3) is 0.192. The summed E-state index contributed by atoms with van der Waals surface area (Å²) in [7, 11) is -3.94. The average Bonchev–Trinajstić information content (AvgIpc) is 2.89. The van der Waals surface area contributed by atoms with Crippen LogP contribution in [0.2, 0.25) is 0 Å². The third-order valence-corrected chi connectivity index (χ3v) is 6.67. The van der Waals surface area contributed by atoms with Crippen LogP contribution in [-0.4, -0.2) is 48.5 Å². The van der Waals surface area contributed by atoms with E-state index in [4.69, 9.17) is 9.47 Å². The molecular weight excluding hydrogens is 510 g/mol. The average molecular weight is 536 g/mol. The Labute approximate surface area is 219 Å². The third kappa shape index (κ3) is 5.86. The molecule has 2 N–H and O–H groups in total. The van der Waals surface area contributed by atoms with Gasteiger partial charge in [-0.3, -0.25) is 4.98 Å². The molecule has 12 heteroatoms. The minimum Gasteiger partial charge on any atom is -0.462 e. The molecule has 11 nitrogen and oxygen atoms in total. The molecular formula is C26H25N5O6S. The lowest BCUT2D eigenvalue weighted by Crippen LogP contribution is -2.15. The maximum atomic E-state index is 12.8. The molecule has 0 aliphatic carbocycles. The molecule has 0 saturated carbocycles. The number of esters is 2. The second kappa shape index (κ2) is 11.2. The van der Waals surface area contributed by atoms with Crippen molar-refractivity contribution in [2.45, 2.75) is 25.7 Å². The number of carbonyl (C=O) groups is 2. The molecule has 0 aliphatic heterocycles. The lowest BCUT2D eigenvalue weighted by atomic mass is 10.1. The molecule has 2 aromatic carbocycles. The molecule has 196 valence electrons. The lowest BCUT2D eigenvalue weighted by Gasteiger charge is -2.15. The smallest absolute Gasteiger partial charge is 0.341 e. The summed E-state index contributed by atoms with van der Waals surface area (Å²) in [5.74, 6) is -1.15. The van der Waals surface area contributed by atoms with Gasteiger partial charge in [-0.05, 0) is 69.3 Å². The minimum atomic E-state index is -3.94. The molecule has 4 rings (SSSR count). The van der Waals surface area contributed by atoms with Gasteiger partial charge in [0.15, 0.2) is 0 Å². The van der Waals surface area contributed by atoms with Gasteiger partial charge in [0.2, 0.25) is 5.95 Å². The van der Waals surface area contributed by atoms with Crippen molar-refractivity contribution in [3.05, 3.63) is 77.7 Å². The highest BCUT2D eigenvalue weighted by Crippen LogP contribution is 2.31. The van der Waals surface area contributed by atoms with Crippen LogP contribution in [0.3, 0.4) is 0 Å². The summed E-state index contributed by atoms with van der Waals surface area (Å²) in [4.78, 5) is 37.4. The van der Waals surface area contributed by atoms with Gasteiger partial charge in [0.05, 0.1) is 34.9 Å². The van der Waals surface area contributed by atoms with Crippen LogP contribution in [0.1, 0.15) is 40.3 Å². The molecule has 0 unspecified atom stereocenters. The van der Waals surface area contributed by atoms with Crippen LogP contribution < -0.4 is 10.0 Å². The molecule has 0 amide bonds. The van der Waals surface area contributed by atoms with Gasteiger partial charge in [0.1, 0.15) is 5.56 Å². The van der Waals surface area contributed by atoms with Gasteiger partial charge < -0.3 is 14.8 Å². The van der Waals surface area contributed by atoms with Crippen molar-refractivity contribution in [1.82, 2.24) is 15.0 Å². The van der Waals surface area contributed by atoms with Crippen LogP contribution in [-0.2, 0) is 19.5 Å². The van der Waals surface area contributed by atoms with Gasteiger partial charge in [-0.2, -0.15) is 0 Å². The fourth-order valence-corrected chi connectivity index (χ4v) is 4.52. The van der Waals surface area contributed by atoms with Crippen LogP contribution in [0.25, 0.3) is 10.9 Å². The molecule has 0 spiro atoms. The van der Waals surface area contributed by atoms with Crippen LogP contribution in [0, 0.1) is 6.92 Å². The number of anilines is 3. The van der Waals surface area contributed by atoms with Gasteiger partial charge in [-0.15, -0.1) is 0 Å². The monoisotopic (exact) mass is 535 g/mol. The Hall–Kier alpha value is -4.58. The molecule has 0 radical (unpaired) electrons. The van der Waals surface area contributed by atoms with Gasteiger partial charge in [-0.25, -0.2) is 32.7 Å². The lowest BCUT2D eigenvalue weighted by molar-refractivity contribution is 0.0518. The first-order valence-corrected chi connectivity index (χ1v) is 13.2. The second-order valence-corrected chi connectivity index (χ2v) is 9.68. The number of aryl methyl sites for hydroxylation is 1. The van der Waals surface area contributed by atoms with Crippen molar-refractivity contribution < 1.29 is 27.5 Å². The summed E-state index contributed by atoms with van der Waals surface area (Å²) < 4.78 is 38.2. The van der Waals surface area contributed by atoms with E-state index in [1.165, 1.54) is 24.5 Å². The summed E-state index contributed by atoms with van der Waals surface area (Å²) in [5, 5.41) is 3.64. The topological polar surface area (TPSA) is 149 Å². The van der Waals surface area contributed by atoms with Gasteiger partial charge in [0, 0.05) is 29.2 Å². The molecule has 0 bridgehead atoms. The van der Waals surface area contributed by atoms with E-state index >= 15 is 0 Å². The van der Waals surface area contributed by atoms with Crippen molar-refractivity contribution >= 4 is 50.2 Å². The summed E-state index contributed by atoms with van der Waals surface area (Å²) >= 11 is 0. The van der Waals surface area contributed by atoms with E-state index in [0.717, 1.165) is 0 Å². The third-order valence-electron chi connectivity index (χ3n) is 5.33. The molecule has 2 heterocycles. The molecule has 0 aliphatic rings. The zero-order chi connectivity index (χ0) is 27.3. The molecule has 38 heavy (non-hydrogen) atoms. The first-order chi connectivity index (χ1) is 18.2. The number of nitrogens with zero attached hydrogens (tertiary/aromatic N) is 3. The van der Waals surface area contributed by atoms with Crippen molar-refractivity contribution in [3.8, 4) is 0 Å². The van der Waals surface area contributed by atoms with Gasteiger partial charge in [0.25, 0.3) is 10.0 Å². The highest BCUT2D eigenvalue weighted by atomic mass is 32.2. The standard InChI is InChI=1S/C26H25N5O6S/c1-4-36-24(32)17-6-11-22-20(14-17)23(21(15-28-22)25(33)37-5-2)30-18-7-9-19(10-8-18)38(34,35)31-26-27-13-12-16(3)29-26/h6-15H,4-5H2,1-3H3,(H,28,30)(H,27,29,31). The number of nitrogens with one attached hydrogen (secondary N) is 2. The maximum Gasteiger partial charge on any atom is 0.341 e. The highest BCUT2D eigenvalue weighted by Gasteiger charge is 2.20. The number of pyridine rings is 1. The zero-order valence-corrected chi connectivity index (χ0v) is 21.7. The highest BCUT2D eigenvalue weighted by molar-refractivity contribution is 7.92. The Bertz CT molecular complexity index is 1600. The van der Waals surface area contributed by atoms with Crippen molar-refractivity contribution in [2.75, 3.05) is 23.3 Å². The van der Waals surface area contributed by atoms with Gasteiger partial charge in [-0.1, -0.05) is 0 Å². The Kier molecular flexibility index (Phi) is 7.82. The van der Waals surface area contributed by atoms with Crippen LogP contribution in [0.5, 0.6) is 0 Å². The summed E-state index contributed by atoms with van der Waals surface area (Å²) in [6.07, 6.45) is 2.85. The van der Waals surface area contributed by atoms with E-state index in [1.54, 1.807) is 57.2 Å². The van der Waals surface area contributed by atoms with Crippen LogP contribution in [0.4, 0.5) is 17.3 Å². The second-order valence-electron chi connectivity index (χ2n) is 8.00. The van der Waals surface area contributed by atoms with E-state index in [2.05, 4.69) is 25.0 Å². The first kappa shape index (κ1) is 26.5. The number of benzene rings is 2. The predicted molar refractivity (Wildman–Crippen MR) is 141 cm³/mol. The number of ether oxygens (including phenoxy) is 2. The van der Waals surface area contributed by atoms with Crippen LogP contribution >= 0.6 is 0 Å². The fourth-order valence-electron chi connectivity index (χ4n) is 3.57. The summed E-state index contributed by atoms with van der Waals surface area (Å²) in [6, 6.07) is 12.4. The Morgan fingerprint density at radius 1 is 0.921 bits per heavy atom. The molecule has 0 fully saturated rings.